The third-order valence-corrected chi connectivity index (χ3v) is 4.64. The molecule has 2 aromatic carbocycles. The van der Waals surface area contributed by atoms with Gasteiger partial charge in [-0.1, -0.05) is 24.3 Å². The topological polar surface area (TPSA) is 86.2 Å². The van der Waals surface area contributed by atoms with Crippen LogP contribution >= 0.6 is 0 Å². The van der Waals surface area contributed by atoms with E-state index in [1.807, 2.05) is 0 Å². The Morgan fingerprint density at radius 2 is 1.21 bits per heavy atom. The van der Waals surface area contributed by atoms with Gasteiger partial charge in [-0.2, -0.15) is 0 Å². The molecule has 0 saturated carbocycles. The van der Waals surface area contributed by atoms with Crippen LogP contribution < -0.4 is 11.5 Å². The largest absolute Gasteiger partial charge is 0.326 e. The minimum Gasteiger partial charge on any atom is -0.326 e. The third kappa shape index (κ3) is 2.84. The number of benzene rings is 2. The van der Waals surface area contributed by atoms with Crippen LogP contribution in [0.5, 0.6) is 0 Å². The van der Waals surface area contributed by atoms with E-state index in [9.17, 15) is 8.42 Å². The van der Waals surface area contributed by atoms with Crippen LogP contribution in [0.3, 0.4) is 0 Å². The predicted octanol–water partition coefficient (Wildman–Crippen LogP) is 1.44. The Labute approximate surface area is 113 Å². The van der Waals surface area contributed by atoms with E-state index in [1.165, 1.54) is 0 Å². The fraction of sp³-hybridized carbons (Fsp3) is 0.143. The minimum absolute atomic E-state index is 0.254. The average molecular weight is 276 g/mol. The maximum atomic E-state index is 12.5. The van der Waals surface area contributed by atoms with Crippen LogP contribution in [0.25, 0.3) is 0 Å². The molecule has 0 aromatic heterocycles. The summed E-state index contributed by atoms with van der Waals surface area (Å²) in [4.78, 5) is 0.509. The zero-order valence-corrected chi connectivity index (χ0v) is 11.2. The van der Waals surface area contributed by atoms with E-state index < -0.39 is 9.84 Å². The van der Waals surface area contributed by atoms with Gasteiger partial charge in [0.15, 0.2) is 0 Å². The van der Waals surface area contributed by atoms with Gasteiger partial charge in [-0.05, 0) is 35.4 Å². The molecule has 100 valence electrons. The van der Waals surface area contributed by atoms with Crippen LogP contribution in [-0.2, 0) is 22.9 Å². The van der Waals surface area contributed by atoms with Gasteiger partial charge in [0.05, 0.1) is 9.79 Å². The van der Waals surface area contributed by atoms with E-state index in [0.29, 0.717) is 13.1 Å². The minimum atomic E-state index is -3.52. The Kier molecular flexibility index (Phi) is 3.99. The van der Waals surface area contributed by atoms with Crippen LogP contribution in [0, 0.1) is 0 Å². The molecular formula is C14H16N2O2S. The first-order chi connectivity index (χ1) is 9.07. The van der Waals surface area contributed by atoms with Gasteiger partial charge in [0, 0.05) is 13.1 Å². The number of hydrogen-bond donors (Lipinski definition) is 2. The van der Waals surface area contributed by atoms with E-state index in [0.717, 1.165) is 11.1 Å². The normalized spacial score (nSPS) is 11.5. The molecule has 0 aliphatic heterocycles. The Balaban J connectivity index is 2.51. The van der Waals surface area contributed by atoms with Crippen LogP contribution in [0.15, 0.2) is 58.3 Å². The second kappa shape index (κ2) is 5.52. The molecule has 5 heteroatoms. The maximum Gasteiger partial charge on any atom is 0.206 e. The quantitative estimate of drug-likeness (QED) is 0.884. The van der Waals surface area contributed by atoms with Crippen molar-refractivity contribution in [1.82, 2.24) is 0 Å². The Hall–Kier alpha value is -1.69. The van der Waals surface area contributed by atoms with Crippen LogP contribution in [-0.4, -0.2) is 8.42 Å². The Morgan fingerprint density at radius 3 is 1.58 bits per heavy atom. The number of sulfone groups is 1. The summed E-state index contributed by atoms with van der Waals surface area (Å²) < 4.78 is 25.0. The van der Waals surface area contributed by atoms with Gasteiger partial charge in [0.1, 0.15) is 0 Å². The average Bonchev–Trinajstić information content (AvgIpc) is 2.47. The van der Waals surface area contributed by atoms with Crippen molar-refractivity contribution in [3.05, 3.63) is 59.7 Å². The fourth-order valence-electron chi connectivity index (χ4n) is 1.82. The van der Waals surface area contributed by atoms with Gasteiger partial charge in [-0.25, -0.2) is 8.42 Å². The Morgan fingerprint density at radius 1 is 0.789 bits per heavy atom. The lowest BCUT2D eigenvalue weighted by atomic mass is 10.2. The van der Waals surface area contributed by atoms with Gasteiger partial charge < -0.3 is 11.5 Å². The molecule has 0 saturated heterocycles. The van der Waals surface area contributed by atoms with Crippen LogP contribution in [0.4, 0.5) is 0 Å². The summed E-state index contributed by atoms with van der Waals surface area (Å²) in [6, 6.07) is 13.3. The molecule has 0 aliphatic rings. The third-order valence-electron chi connectivity index (χ3n) is 2.89. The van der Waals surface area contributed by atoms with Crippen molar-refractivity contribution >= 4 is 9.84 Å². The molecular weight excluding hydrogens is 260 g/mol. The van der Waals surface area contributed by atoms with E-state index >= 15 is 0 Å². The summed E-state index contributed by atoms with van der Waals surface area (Å²) in [6.07, 6.45) is 0. The fourth-order valence-corrected chi connectivity index (χ4v) is 3.22. The zero-order valence-electron chi connectivity index (χ0n) is 10.4. The molecule has 4 nitrogen and oxygen atoms in total. The molecule has 0 aliphatic carbocycles. The zero-order chi connectivity index (χ0) is 13.9. The van der Waals surface area contributed by atoms with Gasteiger partial charge in [0.2, 0.25) is 9.84 Å². The summed E-state index contributed by atoms with van der Waals surface area (Å²) in [5, 5.41) is 0. The predicted molar refractivity (Wildman–Crippen MR) is 74.1 cm³/mol. The van der Waals surface area contributed by atoms with Crippen LogP contribution in [0.2, 0.25) is 0 Å². The van der Waals surface area contributed by atoms with E-state index in [-0.39, 0.29) is 9.79 Å². The molecule has 0 unspecified atom stereocenters. The van der Waals surface area contributed by atoms with Crippen molar-refractivity contribution in [2.24, 2.45) is 11.5 Å². The molecule has 0 atom stereocenters. The molecule has 0 heterocycles. The summed E-state index contributed by atoms with van der Waals surface area (Å²) in [5.74, 6) is 0. The second-order valence-electron chi connectivity index (χ2n) is 4.21. The van der Waals surface area contributed by atoms with E-state index in [2.05, 4.69) is 0 Å². The molecule has 0 bridgehead atoms. The van der Waals surface area contributed by atoms with Gasteiger partial charge >= 0.3 is 0 Å². The molecule has 0 spiro atoms. The smallest absolute Gasteiger partial charge is 0.206 e. The highest BCUT2D eigenvalue weighted by molar-refractivity contribution is 7.91. The first-order valence-electron chi connectivity index (χ1n) is 5.91. The van der Waals surface area contributed by atoms with Crippen molar-refractivity contribution in [2.75, 3.05) is 0 Å². The highest BCUT2D eigenvalue weighted by atomic mass is 32.2. The van der Waals surface area contributed by atoms with Crippen molar-refractivity contribution in [3.63, 3.8) is 0 Å². The molecule has 0 fully saturated rings. The number of nitrogens with two attached hydrogens (primary N) is 2. The summed E-state index contributed by atoms with van der Waals surface area (Å²) >= 11 is 0. The van der Waals surface area contributed by atoms with E-state index in [4.69, 9.17) is 11.5 Å². The van der Waals surface area contributed by atoms with Crippen molar-refractivity contribution < 1.29 is 8.42 Å². The Bertz CT molecular complexity index is 628. The first kappa shape index (κ1) is 13.7. The van der Waals surface area contributed by atoms with Gasteiger partial charge in [-0.15, -0.1) is 0 Å². The highest BCUT2D eigenvalue weighted by Gasteiger charge is 2.17. The lowest BCUT2D eigenvalue weighted by Gasteiger charge is -2.07. The summed E-state index contributed by atoms with van der Waals surface area (Å²) in [5.41, 5.74) is 12.6. The number of hydrogen-bond acceptors (Lipinski definition) is 4. The summed E-state index contributed by atoms with van der Waals surface area (Å²) in [7, 11) is -3.52. The first-order valence-corrected chi connectivity index (χ1v) is 7.39. The number of rotatable bonds is 4. The standard InChI is InChI=1S/C14H16N2O2S/c15-9-11-3-1-5-13(7-11)19(17,18)14-6-2-4-12(8-14)10-16/h1-8H,9-10,15-16H2. The maximum absolute atomic E-state index is 12.5. The highest BCUT2D eigenvalue weighted by Crippen LogP contribution is 2.22. The van der Waals surface area contributed by atoms with Gasteiger partial charge in [-0.3, -0.25) is 0 Å². The molecule has 0 amide bonds. The molecule has 2 aromatic rings. The lowest BCUT2D eigenvalue weighted by Crippen LogP contribution is -2.05. The van der Waals surface area contributed by atoms with Crippen molar-refractivity contribution in [3.8, 4) is 0 Å². The summed E-state index contributed by atoms with van der Waals surface area (Å²) in [6.45, 7) is 0.623. The SMILES string of the molecule is NCc1cccc(S(=O)(=O)c2cccc(CN)c2)c1. The molecule has 4 N–H and O–H groups in total. The van der Waals surface area contributed by atoms with E-state index in [1.54, 1.807) is 48.5 Å². The monoisotopic (exact) mass is 276 g/mol. The van der Waals surface area contributed by atoms with Crippen molar-refractivity contribution in [2.45, 2.75) is 22.9 Å². The molecule has 0 radical (unpaired) electrons. The van der Waals surface area contributed by atoms with Crippen molar-refractivity contribution in [1.29, 1.82) is 0 Å². The molecule has 19 heavy (non-hydrogen) atoms. The molecule has 2 rings (SSSR count). The lowest BCUT2D eigenvalue weighted by molar-refractivity contribution is 0.596. The second-order valence-corrected chi connectivity index (χ2v) is 6.16. The van der Waals surface area contributed by atoms with Gasteiger partial charge in [0.25, 0.3) is 0 Å². The van der Waals surface area contributed by atoms with Crippen LogP contribution in [0.1, 0.15) is 11.1 Å².